The smallest absolute Gasteiger partial charge is 0.246 e. The third-order valence-corrected chi connectivity index (χ3v) is 5.29. The molecule has 2 aromatic carbocycles. The summed E-state index contributed by atoms with van der Waals surface area (Å²) in [6, 6.07) is 13.2. The molecule has 0 aliphatic heterocycles. The molecule has 0 saturated carbocycles. The van der Waals surface area contributed by atoms with Crippen molar-refractivity contribution in [2.45, 2.75) is 44.7 Å². The molecule has 2 aromatic rings. The SMILES string of the molecule is Cc1cccc(N[C@@H](C)C(=O)Nc2ccc(S(=O)(=O)NC(C)C)cc2)c1. The van der Waals surface area contributed by atoms with Gasteiger partial charge in [0.15, 0.2) is 0 Å². The van der Waals surface area contributed by atoms with Crippen LogP contribution in [0.5, 0.6) is 0 Å². The van der Waals surface area contributed by atoms with Crippen molar-refractivity contribution in [3.63, 3.8) is 0 Å². The number of aryl methyl sites for hydroxylation is 1. The van der Waals surface area contributed by atoms with Gasteiger partial charge >= 0.3 is 0 Å². The normalized spacial score (nSPS) is 12.7. The lowest BCUT2D eigenvalue weighted by atomic mass is 10.2. The Morgan fingerprint density at radius 1 is 0.962 bits per heavy atom. The maximum absolute atomic E-state index is 12.3. The lowest BCUT2D eigenvalue weighted by Crippen LogP contribution is -2.32. The monoisotopic (exact) mass is 375 g/mol. The van der Waals surface area contributed by atoms with E-state index in [0.29, 0.717) is 5.69 Å². The number of carbonyl (C=O) groups excluding carboxylic acids is 1. The molecular formula is C19H25N3O3S. The van der Waals surface area contributed by atoms with Crippen LogP contribution in [-0.2, 0) is 14.8 Å². The Morgan fingerprint density at radius 2 is 1.62 bits per heavy atom. The van der Waals surface area contributed by atoms with Crippen molar-refractivity contribution in [2.75, 3.05) is 10.6 Å². The molecule has 0 bridgehead atoms. The summed E-state index contributed by atoms with van der Waals surface area (Å²) in [4.78, 5) is 12.5. The second-order valence-electron chi connectivity index (χ2n) is 6.53. The molecule has 1 atom stereocenters. The first-order valence-electron chi connectivity index (χ1n) is 8.44. The Balaban J connectivity index is 2.00. The zero-order valence-corrected chi connectivity index (χ0v) is 16.2. The number of anilines is 2. The molecule has 140 valence electrons. The molecule has 2 rings (SSSR count). The fraction of sp³-hybridized carbons (Fsp3) is 0.316. The predicted octanol–water partition coefficient (Wildman–Crippen LogP) is 3.12. The van der Waals surface area contributed by atoms with Gasteiger partial charge in [-0.25, -0.2) is 13.1 Å². The summed E-state index contributed by atoms with van der Waals surface area (Å²) in [6.07, 6.45) is 0. The Kier molecular flexibility index (Phi) is 6.39. The van der Waals surface area contributed by atoms with Crippen molar-refractivity contribution in [3.05, 3.63) is 54.1 Å². The average Bonchev–Trinajstić information content (AvgIpc) is 2.54. The molecule has 0 spiro atoms. The number of sulfonamides is 1. The number of hydrogen-bond acceptors (Lipinski definition) is 4. The molecule has 0 fully saturated rings. The molecule has 0 heterocycles. The van der Waals surface area contributed by atoms with E-state index in [1.54, 1.807) is 32.9 Å². The van der Waals surface area contributed by atoms with E-state index in [1.807, 2.05) is 31.2 Å². The molecule has 0 aliphatic carbocycles. The van der Waals surface area contributed by atoms with Crippen LogP contribution in [0.3, 0.4) is 0 Å². The average molecular weight is 375 g/mol. The van der Waals surface area contributed by atoms with Crippen molar-refractivity contribution in [1.29, 1.82) is 0 Å². The largest absolute Gasteiger partial charge is 0.374 e. The molecule has 0 saturated heterocycles. The van der Waals surface area contributed by atoms with Crippen LogP contribution in [0.2, 0.25) is 0 Å². The van der Waals surface area contributed by atoms with Crippen LogP contribution >= 0.6 is 0 Å². The van der Waals surface area contributed by atoms with Crippen LogP contribution in [0.4, 0.5) is 11.4 Å². The van der Waals surface area contributed by atoms with E-state index < -0.39 is 16.1 Å². The minimum absolute atomic E-state index is 0.162. The number of carbonyl (C=O) groups is 1. The first-order valence-corrected chi connectivity index (χ1v) is 9.92. The van der Waals surface area contributed by atoms with E-state index in [0.717, 1.165) is 11.3 Å². The first kappa shape index (κ1) is 19.9. The summed E-state index contributed by atoms with van der Waals surface area (Å²) in [5.74, 6) is -0.206. The van der Waals surface area contributed by atoms with E-state index in [4.69, 9.17) is 0 Å². The van der Waals surface area contributed by atoms with Crippen molar-refractivity contribution in [3.8, 4) is 0 Å². The van der Waals surface area contributed by atoms with Gasteiger partial charge in [-0.2, -0.15) is 0 Å². The number of benzene rings is 2. The number of hydrogen-bond donors (Lipinski definition) is 3. The zero-order valence-electron chi connectivity index (χ0n) is 15.4. The highest BCUT2D eigenvalue weighted by atomic mass is 32.2. The van der Waals surface area contributed by atoms with Gasteiger partial charge in [-0.05, 0) is 69.7 Å². The van der Waals surface area contributed by atoms with E-state index in [9.17, 15) is 13.2 Å². The van der Waals surface area contributed by atoms with Gasteiger partial charge in [0.2, 0.25) is 15.9 Å². The van der Waals surface area contributed by atoms with Crippen LogP contribution < -0.4 is 15.4 Å². The summed E-state index contributed by atoms with van der Waals surface area (Å²) in [5, 5.41) is 5.92. The van der Waals surface area contributed by atoms with Crippen LogP contribution in [0.15, 0.2) is 53.4 Å². The Morgan fingerprint density at radius 3 is 2.19 bits per heavy atom. The Labute approximate surface area is 155 Å². The second-order valence-corrected chi connectivity index (χ2v) is 8.24. The van der Waals surface area contributed by atoms with Crippen LogP contribution in [0, 0.1) is 6.92 Å². The highest BCUT2D eigenvalue weighted by Crippen LogP contribution is 2.16. The lowest BCUT2D eigenvalue weighted by molar-refractivity contribution is -0.116. The fourth-order valence-electron chi connectivity index (χ4n) is 2.40. The third kappa shape index (κ3) is 5.57. The molecule has 0 unspecified atom stereocenters. The molecule has 0 aromatic heterocycles. The minimum atomic E-state index is -3.54. The van der Waals surface area contributed by atoms with Crippen molar-refractivity contribution < 1.29 is 13.2 Å². The van der Waals surface area contributed by atoms with Gasteiger partial charge in [0.25, 0.3) is 0 Å². The third-order valence-electron chi connectivity index (χ3n) is 3.62. The van der Waals surface area contributed by atoms with E-state index in [1.165, 1.54) is 12.1 Å². The summed E-state index contributed by atoms with van der Waals surface area (Å²) in [6.45, 7) is 7.27. The van der Waals surface area contributed by atoms with E-state index in [-0.39, 0.29) is 16.8 Å². The number of amides is 1. The number of nitrogens with one attached hydrogen (secondary N) is 3. The van der Waals surface area contributed by atoms with E-state index >= 15 is 0 Å². The summed E-state index contributed by atoms with van der Waals surface area (Å²) in [7, 11) is -3.54. The standard InChI is InChI=1S/C19H25N3O3S/c1-13(2)22-26(24,25)18-10-8-16(9-11-18)21-19(23)15(4)20-17-7-5-6-14(3)12-17/h5-13,15,20,22H,1-4H3,(H,21,23)/t15-/m0/s1. The van der Waals surface area contributed by atoms with Gasteiger partial charge in [0.05, 0.1) is 4.90 Å². The molecule has 7 heteroatoms. The zero-order chi connectivity index (χ0) is 19.3. The molecule has 0 radical (unpaired) electrons. The highest BCUT2D eigenvalue weighted by Gasteiger charge is 2.16. The molecule has 0 aliphatic rings. The van der Waals surface area contributed by atoms with E-state index in [2.05, 4.69) is 15.4 Å². The van der Waals surface area contributed by atoms with Crippen molar-refractivity contribution in [2.24, 2.45) is 0 Å². The first-order chi connectivity index (χ1) is 12.2. The topological polar surface area (TPSA) is 87.3 Å². The summed E-state index contributed by atoms with van der Waals surface area (Å²) in [5.41, 5.74) is 2.51. The van der Waals surface area contributed by atoms with Crippen molar-refractivity contribution in [1.82, 2.24) is 4.72 Å². The quantitative estimate of drug-likeness (QED) is 0.694. The predicted molar refractivity (Wildman–Crippen MR) is 105 cm³/mol. The van der Waals surface area contributed by atoms with Crippen LogP contribution in [0.25, 0.3) is 0 Å². The molecule has 1 amide bonds. The minimum Gasteiger partial charge on any atom is -0.374 e. The fourth-order valence-corrected chi connectivity index (χ4v) is 3.65. The lowest BCUT2D eigenvalue weighted by Gasteiger charge is -2.16. The molecule has 3 N–H and O–H groups in total. The highest BCUT2D eigenvalue weighted by molar-refractivity contribution is 7.89. The van der Waals surface area contributed by atoms with Gasteiger partial charge in [-0.15, -0.1) is 0 Å². The summed E-state index contributed by atoms with van der Waals surface area (Å²) >= 11 is 0. The second kappa shape index (κ2) is 8.33. The summed E-state index contributed by atoms with van der Waals surface area (Å²) < 4.78 is 26.7. The Hall–Kier alpha value is -2.38. The Bertz CT molecular complexity index is 862. The van der Waals surface area contributed by atoms with Crippen LogP contribution in [-0.4, -0.2) is 26.4 Å². The van der Waals surface area contributed by atoms with Gasteiger partial charge < -0.3 is 10.6 Å². The molecular weight excluding hydrogens is 350 g/mol. The van der Waals surface area contributed by atoms with Crippen molar-refractivity contribution >= 4 is 27.3 Å². The van der Waals surface area contributed by atoms with Gasteiger partial charge in [-0.1, -0.05) is 12.1 Å². The maximum atomic E-state index is 12.3. The molecule has 6 nitrogen and oxygen atoms in total. The molecule has 26 heavy (non-hydrogen) atoms. The number of rotatable bonds is 7. The van der Waals surface area contributed by atoms with Gasteiger partial charge in [-0.3, -0.25) is 4.79 Å². The van der Waals surface area contributed by atoms with Crippen LogP contribution in [0.1, 0.15) is 26.3 Å². The van der Waals surface area contributed by atoms with Gasteiger partial charge in [0, 0.05) is 17.4 Å². The maximum Gasteiger partial charge on any atom is 0.246 e. The van der Waals surface area contributed by atoms with Gasteiger partial charge in [0.1, 0.15) is 6.04 Å².